The number of carbonyl (C=O) groups is 3. The summed E-state index contributed by atoms with van der Waals surface area (Å²) in [5, 5.41) is 8.72. The largest absolute Gasteiger partial charge is 0.463 e. The van der Waals surface area contributed by atoms with Gasteiger partial charge in [0.25, 0.3) is 3.79 Å². The maximum Gasteiger partial charge on any atom is 0.303 e. The molecule has 0 aromatic carbocycles. The molecule has 0 radical (unpaired) electrons. The summed E-state index contributed by atoms with van der Waals surface area (Å²) < 4.78 is 32.5. The van der Waals surface area contributed by atoms with Crippen molar-refractivity contribution < 1.29 is 39.5 Å². The van der Waals surface area contributed by atoms with Gasteiger partial charge in [-0.1, -0.05) is 34.8 Å². The second kappa shape index (κ2) is 11.5. The van der Waals surface area contributed by atoms with E-state index in [1.54, 1.807) is 0 Å². The number of alkyl halides is 3. The Morgan fingerprint density at radius 3 is 2.10 bits per heavy atom. The molecule has 1 heterocycles. The van der Waals surface area contributed by atoms with Gasteiger partial charge in [-0.3, -0.25) is 19.8 Å². The van der Waals surface area contributed by atoms with Crippen LogP contribution in [-0.2, 0) is 38.1 Å². The highest BCUT2D eigenvalue weighted by atomic mass is 35.6. The molecule has 0 spiro atoms. The number of carbonyl (C=O) groups excluding carboxylic acids is 3. The van der Waals surface area contributed by atoms with Crippen LogP contribution in [0.2, 0.25) is 1.41 Å². The Morgan fingerprint density at radius 2 is 1.66 bits per heavy atom. The molecule has 0 bridgehead atoms. The average molecular weight is 498 g/mol. The number of hydrogen-bond acceptors (Lipinski definition) is 10. The van der Waals surface area contributed by atoms with Crippen molar-refractivity contribution in [1.29, 1.82) is 5.41 Å². The van der Waals surface area contributed by atoms with E-state index < -0.39 is 64.8 Å². The molecular formula is C15H22Cl3N2O8P. The standard InChI is InChI=1S/C15H22Cl3N2O8P/c1-6(21)24-4-9-11(25-7(2)22)12(26-8(3)23)10(20-5-29)13(27-9)28-14(19)15(16,17)18/h9-13,19-20H,4-5,29H2,1-3H3/i/hT. The SMILES string of the molecule is [3H]N(CP)C1C(OC(=N)C(Cl)(Cl)Cl)OC(COC(C)=O)C(OC(C)=O)C1OC(C)=O. The third kappa shape index (κ3) is 8.39. The van der Waals surface area contributed by atoms with Crippen molar-refractivity contribution in [3.8, 4) is 0 Å². The normalized spacial score (nSPS) is 27.6. The van der Waals surface area contributed by atoms with E-state index in [0.29, 0.717) is 0 Å². The van der Waals surface area contributed by atoms with Gasteiger partial charge in [-0.05, 0) is 0 Å². The van der Waals surface area contributed by atoms with Crippen LogP contribution in [0.3, 0.4) is 0 Å². The van der Waals surface area contributed by atoms with E-state index in [1.165, 1.54) is 0 Å². The average Bonchev–Trinajstić information content (AvgIpc) is 2.60. The zero-order chi connectivity index (χ0) is 23.2. The van der Waals surface area contributed by atoms with Gasteiger partial charge in [-0.2, -0.15) is 0 Å². The minimum Gasteiger partial charge on any atom is -0.463 e. The van der Waals surface area contributed by atoms with Gasteiger partial charge in [0, 0.05) is 27.1 Å². The highest BCUT2D eigenvalue weighted by Gasteiger charge is 2.52. The van der Waals surface area contributed by atoms with Gasteiger partial charge in [-0.15, -0.1) is 9.24 Å². The maximum atomic E-state index is 11.7. The van der Waals surface area contributed by atoms with Crippen molar-refractivity contribution in [2.24, 2.45) is 0 Å². The topological polar surface area (TPSA) is 133 Å². The van der Waals surface area contributed by atoms with Gasteiger partial charge in [0.1, 0.15) is 20.2 Å². The lowest BCUT2D eigenvalue weighted by molar-refractivity contribution is -0.260. The summed E-state index contributed by atoms with van der Waals surface area (Å²) in [6.07, 6.45) is -5.20. The van der Waals surface area contributed by atoms with Gasteiger partial charge in [0.2, 0.25) is 12.2 Å². The lowest BCUT2D eigenvalue weighted by Gasteiger charge is -2.45. The molecule has 2 N–H and O–H groups in total. The van der Waals surface area contributed by atoms with Crippen molar-refractivity contribution in [2.75, 3.05) is 12.9 Å². The molecule has 10 nitrogen and oxygen atoms in total. The number of nitrogens with one attached hydrogen (secondary N) is 2. The molecule has 1 fully saturated rings. The molecule has 0 saturated carbocycles. The predicted molar refractivity (Wildman–Crippen MR) is 107 cm³/mol. The van der Waals surface area contributed by atoms with Gasteiger partial charge in [0.05, 0.1) is 0 Å². The summed E-state index contributed by atoms with van der Waals surface area (Å²) in [5.41, 5.74) is 0. The Morgan fingerprint density at radius 1 is 1.10 bits per heavy atom. The third-order valence-electron chi connectivity index (χ3n) is 3.48. The molecule has 14 heteroatoms. The molecule has 1 rings (SSSR count). The summed E-state index contributed by atoms with van der Waals surface area (Å²) in [6.45, 7) is 2.99. The van der Waals surface area contributed by atoms with E-state index in [0.717, 1.165) is 26.1 Å². The molecule has 0 amide bonds. The molecule has 1 aliphatic rings. The van der Waals surface area contributed by atoms with Crippen LogP contribution in [0.4, 0.5) is 0 Å². The van der Waals surface area contributed by atoms with Crippen LogP contribution in [0, 0.1) is 5.41 Å². The van der Waals surface area contributed by atoms with Gasteiger partial charge < -0.3 is 29.0 Å². The van der Waals surface area contributed by atoms with Crippen molar-refractivity contribution in [1.82, 2.24) is 5.31 Å². The summed E-state index contributed by atoms with van der Waals surface area (Å²) >= 11 is 17.0. The number of esters is 3. The zero-order valence-corrected chi connectivity index (χ0v) is 19.1. The molecular weight excluding hydrogens is 474 g/mol. The first-order valence-corrected chi connectivity index (χ1v) is 10.1. The minimum atomic E-state index is -2.24. The quantitative estimate of drug-likeness (QED) is 0.133. The smallest absolute Gasteiger partial charge is 0.303 e. The van der Waals surface area contributed by atoms with Gasteiger partial charge >= 0.3 is 17.9 Å². The summed E-state index contributed by atoms with van der Waals surface area (Å²) in [6, 6.07) is -1.21. The van der Waals surface area contributed by atoms with Gasteiger partial charge in [-0.25, -0.2) is 0 Å². The Bertz CT molecular complexity index is 668. The first kappa shape index (κ1) is 24.4. The molecule has 6 unspecified atom stereocenters. The second-order valence-corrected chi connectivity index (χ2v) is 8.44. The lowest BCUT2D eigenvalue weighted by Crippen LogP contribution is -2.66. The fourth-order valence-electron chi connectivity index (χ4n) is 2.48. The molecule has 1 aliphatic heterocycles. The monoisotopic (exact) mass is 496 g/mol. The first-order valence-electron chi connectivity index (χ1n) is 8.63. The number of rotatable bonds is 7. The summed E-state index contributed by atoms with van der Waals surface area (Å²) in [7, 11) is 2.28. The lowest BCUT2D eigenvalue weighted by atomic mass is 9.96. The first-order chi connectivity index (χ1) is 13.8. The van der Waals surface area contributed by atoms with Crippen LogP contribution in [0.5, 0.6) is 0 Å². The minimum absolute atomic E-state index is 0.0220. The van der Waals surface area contributed by atoms with E-state index in [1.807, 2.05) is 0 Å². The molecule has 0 aromatic rings. The number of halogens is 3. The Balaban J connectivity index is 3.40. The second-order valence-electron chi connectivity index (χ2n) is 5.79. The fraction of sp³-hybridized carbons (Fsp3) is 0.733. The van der Waals surface area contributed by atoms with E-state index in [2.05, 4.69) is 9.24 Å². The molecule has 166 valence electrons. The van der Waals surface area contributed by atoms with E-state index in [9.17, 15) is 14.4 Å². The Labute approximate surface area is 186 Å². The highest BCUT2D eigenvalue weighted by molar-refractivity contribution is 7.16. The summed E-state index contributed by atoms with van der Waals surface area (Å²) in [5.74, 6) is -2.95. The van der Waals surface area contributed by atoms with Crippen LogP contribution in [0.25, 0.3) is 0 Å². The maximum absolute atomic E-state index is 11.7. The van der Waals surface area contributed by atoms with Crippen LogP contribution >= 0.6 is 44.0 Å². The molecule has 0 aliphatic carbocycles. The number of ether oxygens (including phenoxy) is 5. The number of hydrogen-bond donors (Lipinski definition) is 2. The molecule has 0 aromatic heterocycles. The Hall–Kier alpha value is -0.900. The van der Waals surface area contributed by atoms with Crippen LogP contribution in [0.15, 0.2) is 0 Å². The molecule has 29 heavy (non-hydrogen) atoms. The van der Waals surface area contributed by atoms with Crippen molar-refractivity contribution in [3.05, 3.63) is 0 Å². The summed E-state index contributed by atoms with van der Waals surface area (Å²) in [4.78, 5) is 34.7. The van der Waals surface area contributed by atoms with Crippen LogP contribution in [-0.4, -0.2) is 71.1 Å². The predicted octanol–water partition coefficient (Wildman–Crippen LogP) is 1.29. The third-order valence-corrected chi connectivity index (χ3v) is 4.20. The van der Waals surface area contributed by atoms with Crippen LogP contribution < -0.4 is 5.31 Å². The molecule has 6 atom stereocenters. The van der Waals surface area contributed by atoms with Crippen molar-refractivity contribution in [2.45, 2.75) is 55.2 Å². The Kier molecular flexibility index (Phi) is 9.65. The highest BCUT2D eigenvalue weighted by Crippen LogP contribution is 2.32. The zero-order valence-electron chi connectivity index (χ0n) is 16.7. The van der Waals surface area contributed by atoms with E-state index in [-0.39, 0.29) is 6.29 Å². The van der Waals surface area contributed by atoms with Gasteiger partial charge in [0.15, 0.2) is 12.2 Å². The van der Waals surface area contributed by atoms with Crippen molar-refractivity contribution in [3.63, 3.8) is 0 Å². The molecule has 1 saturated heterocycles. The van der Waals surface area contributed by atoms with Crippen LogP contribution in [0.1, 0.15) is 20.8 Å². The van der Waals surface area contributed by atoms with E-state index in [4.69, 9.17) is 65.3 Å². The van der Waals surface area contributed by atoms with E-state index >= 15 is 0 Å². The fourth-order valence-corrected chi connectivity index (χ4v) is 2.86. The van der Waals surface area contributed by atoms with Crippen molar-refractivity contribution >= 4 is 67.8 Å².